The van der Waals surface area contributed by atoms with Gasteiger partial charge in [0.1, 0.15) is 23.8 Å². The van der Waals surface area contributed by atoms with E-state index in [1.807, 2.05) is 0 Å². The smallest absolute Gasteiger partial charge is 0.289 e. The summed E-state index contributed by atoms with van der Waals surface area (Å²) in [7, 11) is 0. The van der Waals surface area contributed by atoms with Gasteiger partial charge in [-0.15, -0.1) is 0 Å². The number of hydrogen-bond acceptors (Lipinski definition) is 8. The Bertz CT molecular complexity index is 1330. The van der Waals surface area contributed by atoms with Crippen molar-refractivity contribution >= 4 is 35.3 Å². The van der Waals surface area contributed by atoms with Gasteiger partial charge in [-0.25, -0.2) is 13.8 Å². The summed E-state index contributed by atoms with van der Waals surface area (Å²) in [5.74, 6) is -5.33. The minimum Gasteiger partial charge on any atom is -0.347 e. The largest absolute Gasteiger partial charge is 0.347 e. The highest BCUT2D eigenvalue weighted by atomic mass is 19.3. The first-order valence-corrected chi connectivity index (χ1v) is 16.4. The summed E-state index contributed by atoms with van der Waals surface area (Å²) < 4.78 is 26.3. The minimum atomic E-state index is -2.74. The van der Waals surface area contributed by atoms with E-state index < -0.39 is 84.7 Å². The van der Waals surface area contributed by atoms with Crippen molar-refractivity contribution in [2.45, 2.75) is 109 Å². The zero-order valence-electron chi connectivity index (χ0n) is 27.2. The van der Waals surface area contributed by atoms with Crippen LogP contribution in [0.1, 0.15) is 83.1 Å². The Labute approximate surface area is 272 Å². The Morgan fingerprint density at radius 3 is 2.19 bits per heavy atom. The van der Waals surface area contributed by atoms with E-state index in [2.05, 4.69) is 31.2 Å². The highest BCUT2D eigenvalue weighted by Gasteiger charge is 2.51. The molecule has 2 saturated carbocycles. The highest BCUT2D eigenvalue weighted by Crippen LogP contribution is 2.42. The highest BCUT2D eigenvalue weighted by molar-refractivity contribution is 6.38. The van der Waals surface area contributed by atoms with E-state index in [9.17, 15) is 37.5 Å². The third-order valence-corrected chi connectivity index (χ3v) is 9.15. The van der Waals surface area contributed by atoms with Gasteiger partial charge in [-0.1, -0.05) is 34.1 Å². The number of hydrogen-bond donors (Lipinski definition) is 4. The summed E-state index contributed by atoms with van der Waals surface area (Å²) in [6, 6.07) is -4.71. The SMILES string of the molecule is CC(C)C(NC(=O)[C@H](NC(=O)c1cnccn1)C(C)C)C(=O)N1C[C@@H]2CCC[C@@H]2[C@H]1C(=O)NC(CCC(F)F)C(=O)C(=O)NC1CC1. The first kappa shape index (κ1) is 35.8. The number of alkyl halides is 2. The van der Waals surface area contributed by atoms with Crippen LogP contribution in [-0.2, 0) is 24.0 Å². The molecule has 3 aliphatic rings. The molecule has 2 aliphatic carbocycles. The fourth-order valence-corrected chi connectivity index (χ4v) is 6.43. The van der Waals surface area contributed by atoms with Crippen molar-refractivity contribution in [3.05, 3.63) is 24.3 Å². The summed E-state index contributed by atoms with van der Waals surface area (Å²) in [4.78, 5) is 89.1. The molecule has 0 spiro atoms. The number of carbonyl (C=O) groups is 6. The van der Waals surface area contributed by atoms with Gasteiger partial charge in [-0.05, 0) is 55.8 Å². The lowest BCUT2D eigenvalue weighted by molar-refractivity contribution is -0.145. The lowest BCUT2D eigenvalue weighted by Gasteiger charge is -2.34. The number of Topliss-reactive ketones (excluding diaryl/α,β-unsaturated/α-hetero) is 1. The average Bonchev–Trinajstić information content (AvgIpc) is 3.59. The molecule has 47 heavy (non-hydrogen) atoms. The predicted octanol–water partition coefficient (Wildman–Crippen LogP) is 1.38. The maximum atomic E-state index is 14.2. The van der Waals surface area contributed by atoms with Crippen LogP contribution in [0.5, 0.6) is 0 Å². The lowest BCUT2D eigenvalue weighted by Crippen LogP contribution is -2.60. The van der Waals surface area contributed by atoms with Crippen LogP contribution in [0.2, 0.25) is 0 Å². The van der Waals surface area contributed by atoms with E-state index >= 15 is 0 Å². The number of nitrogens with one attached hydrogen (secondary N) is 4. The number of rotatable bonds is 15. The van der Waals surface area contributed by atoms with Crippen LogP contribution in [0, 0.1) is 23.7 Å². The second kappa shape index (κ2) is 15.7. The van der Waals surface area contributed by atoms with E-state index in [0.29, 0.717) is 6.42 Å². The summed E-state index contributed by atoms with van der Waals surface area (Å²) in [6.45, 7) is 7.22. The molecule has 6 atom stereocenters. The molecule has 2 unspecified atom stereocenters. The molecule has 1 aromatic rings. The van der Waals surface area contributed by atoms with Gasteiger partial charge in [0, 0.05) is 31.4 Å². The van der Waals surface area contributed by atoms with E-state index in [-0.39, 0.29) is 36.0 Å². The van der Waals surface area contributed by atoms with Gasteiger partial charge in [0.15, 0.2) is 0 Å². The number of carbonyl (C=O) groups excluding carboxylic acids is 6. The molecular formula is C32H45F2N7O6. The van der Waals surface area contributed by atoms with Gasteiger partial charge in [0.25, 0.3) is 11.8 Å². The van der Waals surface area contributed by atoms with Gasteiger partial charge >= 0.3 is 0 Å². The molecule has 0 aromatic carbocycles. The van der Waals surface area contributed by atoms with Gasteiger partial charge in [-0.2, -0.15) is 0 Å². The van der Waals surface area contributed by atoms with E-state index in [1.165, 1.54) is 23.5 Å². The number of likely N-dealkylation sites (tertiary alicyclic amines) is 1. The Hall–Kier alpha value is -4.04. The molecule has 5 amide bonds. The van der Waals surface area contributed by atoms with E-state index in [0.717, 1.165) is 25.7 Å². The van der Waals surface area contributed by atoms with Crippen LogP contribution in [0.25, 0.3) is 0 Å². The Kier molecular flexibility index (Phi) is 12.0. The van der Waals surface area contributed by atoms with Gasteiger partial charge in [-0.3, -0.25) is 33.8 Å². The number of ketones is 1. The van der Waals surface area contributed by atoms with E-state index in [4.69, 9.17) is 0 Å². The van der Waals surface area contributed by atoms with Crippen LogP contribution < -0.4 is 21.3 Å². The Morgan fingerprint density at radius 1 is 0.894 bits per heavy atom. The molecule has 0 radical (unpaired) electrons. The van der Waals surface area contributed by atoms with Crippen LogP contribution in [-0.4, -0.2) is 93.4 Å². The Balaban J connectivity index is 1.51. The molecule has 0 bridgehead atoms. The summed E-state index contributed by atoms with van der Waals surface area (Å²) in [5, 5.41) is 10.5. The van der Waals surface area contributed by atoms with Crippen molar-refractivity contribution in [1.82, 2.24) is 36.1 Å². The van der Waals surface area contributed by atoms with Crippen LogP contribution in [0.4, 0.5) is 8.78 Å². The van der Waals surface area contributed by atoms with Crippen molar-refractivity contribution in [3.8, 4) is 0 Å². The zero-order chi connectivity index (χ0) is 34.4. The van der Waals surface area contributed by atoms with E-state index in [1.54, 1.807) is 27.7 Å². The molecule has 1 aliphatic heterocycles. The molecule has 4 N–H and O–H groups in total. The second-order valence-corrected chi connectivity index (χ2v) is 13.4. The molecule has 1 aromatic heterocycles. The van der Waals surface area contributed by atoms with Crippen LogP contribution >= 0.6 is 0 Å². The minimum absolute atomic E-state index is 0.00118. The monoisotopic (exact) mass is 661 g/mol. The molecule has 13 nitrogen and oxygen atoms in total. The molecular weight excluding hydrogens is 616 g/mol. The molecule has 2 heterocycles. The van der Waals surface area contributed by atoms with Crippen LogP contribution in [0.3, 0.4) is 0 Å². The van der Waals surface area contributed by atoms with Crippen LogP contribution in [0.15, 0.2) is 18.6 Å². The van der Waals surface area contributed by atoms with Crippen molar-refractivity contribution in [2.75, 3.05) is 6.54 Å². The molecule has 3 fully saturated rings. The maximum absolute atomic E-state index is 14.2. The first-order chi connectivity index (χ1) is 22.3. The predicted molar refractivity (Wildman–Crippen MR) is 165 cm³/mol. The third kappa shape index (κ3) is 9.07. The van der Waals surface area contributed by atoms with Gasteiger partial charge in [0.05, 0.1) is 12.2 Å². The quantitative estimate of drug-likeness (QED) is 0.204. The van der Waals surface area contributed by atoms with Crippen molar-refractivity contribution < 1.29 is 37.5 Å². The Morgan fingerprint density at radius 2 is 1.60 bits per heavy atom. The zero-order valence-corrected chi connectivity index (χ0v) is 27.2. The van der Waals surface area contributed by atoms with Crippen molar-refractivity contribution in [1.29, 1.82) is 0 Å². The average molecular weight is 662 g/mol. The summed E-state index contributed by atoms with van der Waals surface area (Å²) >= 11 is 0. The molecule has 258 valence electrons. The standard InChI is InChI=1S/C32H45F2N7O6/c1-16(2)24(39-28(43)22-14-35-12-13-36-22)29(44)40-25(17(3)4)32(47)41-15-18-6-5-7-20(18)26(41)30(45)38-21(10-11-23(33)34)27(42)31(46)37-19-8-9-19/h12-14,16-21,23-26H,5-11,15H2,1-4H3,(H,37,46)(H,38,45)(H,39,43)(H,40,44)/t18-,20-,21?,24+,25?,26-/m0/s1. The first-order valence-electron chi connectivity index (χ1n) is 16.4. The molecule has 1 saturated heterocycles. The number of fused-ring (bicyclic) bond motifs is 1. The normalized spacial score (nSPS) is 22.4. The van der Waals surface area contributed by atoms with Crippen molar-refractivity contribution in [2.24, 2.45) is 23.7 Å². The van der Waals surface area contributed by atoms with Crippen molar-refractivity contribution in [3.63, 3.8) is 0 Å². The van der Waals surface area contributed by atoms with Gasteiger partial charge < -0.3 is 26.2 Å². The number of aromatic nitrogens is 2. The lowest BCUT2D eigenvalue weighted by atomic mass is 9.92. The van der Waals surface area contributed by atoms with Gasteiger partial charge in [0.2, 0.25) is 29.9 Å². The molecule has 15 heteroatoms. The number of halogens is 2. The number of nitrogens with zero attached hydrogens (tertiary/aromatic N) is 3. The molecule has 4 rings (SSSR count). The maximum Gasteiger partial charge on any atom is 0.289 e. The second-order valence-electron chi connectivity index (χ2n) is 13.4. The third-order valence-electron chi connectivity index (χ3n) is 9.15. The summed E-state index contributed by atoms with van der Waals surface area (Å²) in [6.07, 6.45) is 3.86. The fourth-order valence-electron chi connectivity index (χ4n) is 6.43. The fraction of sp³-hybridized carbons (Fsp3) is 0.688. The number of amides is 5. The summed E-state index contributed by atoms with van der Waals surface area (Å²) in [5.41, 5.74) is 0.0234. The topological polar surface area (TPSA) is 180 Å².